The van der Waals surface area contributed by atoms with Crippen molar-refractivity contribution < 1.29 is 14.3 Å². The largest absolute Gasteiger partial charge is 0.371 e. The molecule has 0 saturated carbocycles. The summed E-state index contributed by atoms with van der Waals surface area (Å²) in [4.78, 5) is 21.4. The SMILES string of the molecule is CC1CCCN(C(=O)c2cc(N3CCC4(CC3)OCCO4)ccn2)C1. The molecule has 3 aliphatic heterocycles. The molecule has 1 aromatic heterocycles. The van der Waals surface area contributed by atoms with E-state index in [0.29, 0.717) is 24.8 Å². The number of piperidine rings is 2. The maximum atomic E-state index is 12.8. The van der Waals surface area contributed by atoms with Gasteiger partial charge in [-0.15, -0.1) is 0 Å². The standard InChI is InChI=1S/C19H27N3O3/c1-15-3-2-8-22(14-15)18(23)17-13-16(4-7-20-17)21-9-5-19(6-10-21)24-11-12-25-19/h4,7,13,15H,2-3,5-6,8-12,14H2,1H3. The molecule has 0 radical (unpaired) electrons. The first kappa shape index (κ1) is 16.8. The number of nitrogens with zero attached hydrogens (tertiary/aromatic N) is 3. The third-order valence-electron chi connectivity index (χ3n) is 5.61. The number of anilines is 1. The Balaban J connectivity index is 1.44. The lowest BCUT2D eigenvalue weighted by atomic mass is 10.00. The lowest BCUT2D eigenvalue weighted by Crippen LogP contribution is -2.45. The molecule has 0 bridgehead atoms. The van der Waals surface area contributed by atoms with E-state index in [1.807, 2.05) is 17.0 Å². The minimum atomic E-state index is -0.369. The van der Waals surface area contributed by atoms with Crippen LogP contribution in [0, 0.1) is 5.92 Å². The van der Waals surface area contributed by atoms with Crippen molar-refractivity contribution in [3.8, 4) is 0 Å². The van der Waals surface area contributed by atoms with Gasteiger partial charge in [0.05, 0.1) is 13.2 Å². The molecule has 3 fully saturated rings. The minimum absolute atomic E-state index is 0.0596. The first-order valence-corrected chi connectivity index (χ1v) is 9.43. The fourth-order valence-corrected chi connectivity index (χ4v) is 4.16. The maximum Gasteiger partial charge on any atom is 0.272 e. The molecule has 0 aliphatic carbocycles. The predicted octanol–water partition coefficient (Wildman–Crippen LogP) is 2.30. The number of likely N-dealkylation sites (tertiary alicyclic amines) is 1. The number of carbonyl (C=O) groups excluding carboxylic acids is 1. The number of hydrogen-bond acceptors (Lipinski definition) is 5. The first-order valence-electron chi connectivity index (χ1n) is 9.43. The molecule has 1 amide bonds. The zero-order chi connectivity index (χ0) is 17.3. The topological polar surface area (TPSA) is 54.9 Å². The molecule has 6 heteroatoms. The highest BCUT2D eigenvalue weighted by Gasteiger charge is 2.39. The number of carbonyl (C=O) groups is 1. The van der Waals surface area contributed by atoms with E-state index < -0.39 is 0 Å². The Morgan fingerprint density at radius 3 is 2.72 bits per heavy atom. The molecule has 1 unspecified atom stereocenters. The third-order valence-corrected chi connectivity index (χ3v) is 5.61. The van der Waals surface area contributed by atoms with Crippen LogP contribution in [-0.4, -0.2) is 61.0 Å². The Morgan fingerprint density at radius 2 is 2.00 bits per heavy atom. The van der Waals surface area contributed by atoms with Gasteiger partial charge < -0.3 is 19.3 Å². The van der Waals surface area contributed by atoms with Crippen LogP contribution < -0.4 is 4.90 Å². The van der Waals surface area contributed by atoms with Crippen LogP contribution in [0.3, 0.4) is 0 Å². The van der Waals surface area contributed by atoms with Crippen LogP contribution in [0.15, 0.2) is 18.3 Å². The van der Waals surface area contributed by atoms with Crippen LogP contribution in [0.4, 0.5) is 5.69 Å². The van der Waals surface area contributed by atoms with Crippen LogP contribution in [-0.2, 0) is 9.47 Å². The highest BCUT2D eigenvalue weighted by molar-refractivity contribution is 5.93. The summed E-state index contributed by atoms with van der Waals surface area (Å²) < 4.78 is 11.6. The molecule has 1 atom stereocenters. The van der Waals surface area contributed by atoms with Crippen LogP contribution in [0.1, 0.15) is 43.1 Å². The van der Waals surface area contributed by atoms with Gasteiger partial charge in [-0.05, 0) is 30.9 Å². The van der Waals surface area contributed by atoms with Crippen molar-refractivity contribution in [3.63, 3.8) is 0 Å². The van der Waals surface area contributed by atoms with Crippen molar-refractivity contribution >= 4 is 11.6 Å². The lowest BCUT2D eigenvalue weighted by Gasteiger charge is -2.38. The quantitative estimate of drug-likeness (QED) is 0.823. The maximum absolute atomic E-state index is 12.8. The summed E-state index contributed by atoms with van der Waals surface area (Å²) in [5.74, 6) is 0.265. The Labute approximate surface area is 149 Å². The van der Waals surface area contributed by atoms with Gasteiger partial charge in [-0.3, -0.25) is 9.78 Å². The van der Waals surface area contributed by atoms with Gasteiger partial charge in [-0.1, -0.05) is 6.92 Å². The van der Waals surface area contributed by atoms with Crippen molar-refractivity contribution in [1.29, 1.82) is 0 Å². The number of amides is 1. The second-order valence-corrected chi connectivity index (χ2v) is 7.49. The van der Waals surface area contributed by atoms with Crippen LogP contribution in [0.5, 0.6) is 0 Å². The third kappa shape index (κ3) is 3.51. The second-order valence-electron chi connectivity index (χ2n) is 7.49. The highest BCUT2D eigenvalue weighted by Crippen LogP contribution is 2.33. The summed E-state index contributed by atoms with van der Waals surface area (Å²) in [5.41, 5.74) is 1.62. The summed E-state index contributed by atoms with van der Waals surface area (Å²) in [6.07, 6.45) is 5.77. The van der Waals surface area contributed by atoms with Crippen molar-refractivity contribution in [2.45, 2.75) is 38.4 Å². The van der Waals surface area contributed by atoms with Crippen LogP contribution in [0.2, 0.25) is 0 Å². The van der Waals surface area contributed by atoms with E-state index in [2.05, 4.69) is 16.8 Å². The summed E-state index contributed by atoms with van der Waals surface area (Å²) in [7, 11) is 0. The number of pyridine rings is 1. The van der Waals surface area contributed by atoms with E-state index in [4.69, 9.17) is 9.47 Å². The number of aromatic nitrogens is 1. The molecule has 1 spiro atoms. The summed E-state index contributed by atoms with van der Waals surface area (Å²) >= 11 is 0. The van der Waals surface area contributed by atoms with Gasteiger partial charge in [0.2, 0.25) is 0 Å². The number of hydrogen-bond donors (Lipinski definition) is 0. The van der Waals surface area contributed by atoms with E-state index in [9.17, 15) is 4.79 Å². The molecule has 3 aliphatic rings. The summed E-state index contributed by atoms with van der Waals surface area (Å²) in [6.45, 7) is 7.03. The molecule has 25 heavy (non-hydrogen) atoms. The molecule has 4 rings (SSSR count). The molecule has 3 saturated heterocycles. The van der Waals surface area contributed by atoms with Gasteiger partial charge in [0.15, 0.2) is 5.79 Å². The Kier molecular flexibility index (Phi) is 4.65. The van der Waals surface area contributed by atoms with Crippen molar-refractivity contribution in [2.24, 2.45) is 5.92 Å². The number of rotatable bonds is 2. The fraction of sp³-hybridized carbons (Fsp3) is 0.684. The molecule has 1 aromatic rings. The fourth-order valence-electron chi connectivity index (χ4n) is 4.16. The van der Waals surface area contributed by atoms with Gasteiger partial charge >= 0.3 is 0 Å². The van der Waals surface area contributed by atoms with E-state index in [1.165, 1.54) is 6.42 Å². The summed E-state index contributed by atoms with van der Waals surface area (Å²) in [6, 6.07) is 3.93. The van der Waals surface area contributed by atoms with Crippen molar-refractivity contribution in [3.05, 3.63) is 24.0 Å². The summed E-state index contributed by atoms with van der Waals surface area (Å²) in [5, 5.41) is 0. The molecule has 4 heterocycles. The monoisotopic (exact) mass is 345 g/mol. The van der Waals surface area contributed by atoms with Gasteiger partial charge in [-0.25, -0.2) is 0 Å². The molecular formula is C19H27N3O3. The Hall–Kier alpha value is -1.66. The van der Waals surface area contributed by atoms with Crippen LogP contribution >= 0.6 is 0 Å². The van der Waals surface area contributed by atoms with Gasteiger partial charge in [0.25, 0.3) is 5.91 Å². The van der Waals surface area contributed by atoms with Gasteiger partial charge in [-0.2, -0.15) is 0 Å². The average molecular weight is 345 g/mol. The normalized spacial score (nSPS) is 26.2. The predicted molar refractivity (Wildman–Crippen MR) is 94.6 cm³/mol. The lowest BCUT2D eigenvalue weighted by molar-refractivity contribution is -0.169. The molecule has 0 aromatic carbocycles. The highest BCUT2D eigenvalue weighted by atomic mass is 16.7. The van der Waals surface area contributed by atoms with Gasteiger partial charge in [0.1, 0.15) is 5.69 Å². The van der Waals surface area contributed by atoms with Gasteiger partial charge in [0, 0.05) is 50.9 Å². The van der Waals surface area contributed by atoms with Crippen molar-refractivity contribution in [2.75, 3.05) is 44.3 Å². The Bertz CT molecular complexity index is 620. The van der Waals surface area contributed by atoms with E-state index in [0.717, 1.165) is 51.1 Å². The molecule has 6 nitrogen and oxygen atoms in total. The first-order chi connectivity index (χ1) is 12.2. The zero-order valence-corrected chi connectivity index (χ0v) is 14.9. The molecular weight excluding hydrogens is 318 g/mol. The number of ether oxygens (including phenoxy) is 2. The second kappa shape index (κ2) is 6.92. The van der Waals surface area contributed by atoms with E-state index in [-0.39, 0.29) is 11.7 Å². The van der Waals surface area contributed by atoms with E-state index >= 15 is 0 Å². The van der Waals surface area contributed by atoms with Crippen LogP contribution in [0.25, 0.3) is 0 Å². The smallest absolute Gasteiger partial charge is 0.272 e. The van der Waals surface area contributed by atoms with Crippen molar-refractivity contribution in [1.82, 2.24) is 9.88 Å². The zero-order valence-electron chi connectivity index (χ0n) is 14.9. The average Bonchev–Trinajstić information content (AvgIpc) is 3.10. The molecule has 0 N–H and O–H groups in total. The Morgan fingerprint density at radius 1 is 1.24 bits per heavy atom. The minimum Gasteiger partial charge on any atom is -0.371 e. The van der Waals surface area contributed by atoms with E-state index in [1.54, 1.807) is 6.20 Å². The molecule has 136 valence electrons.